The summed E-state index contributed by atoms with van der Waals surface area (Å²) in [5.41, 5.74) is 6.68. The molecule has 2 rings (SSSR count). The molecule has 5 nitrogen and oxygen atoms in total. The summed E-state index contributed by atoms with van der Waals surface area (Å²) in [5.74, 6) is 1.02. The topological polar surface area (TPSA) is 58.3 Å². The first kappa shape index (κ1) is 14.2. The molecule has 2 N–H and O–H groups in total. The Hall–Kier alpha value is -1.20. The SMILES string of the molecule is Cc1cnnc(N2CCN(CCCCCN)CC2)c1. The average Bonchev–Trinajstić information content (AvgIpc) is 2.44. The van der Waals surface area contributed by atoms with E-state index in [-0.39, 0.29) is 0 Å². The van der Waals surface area contributed by atoms with Gasteiger partial charge in [-0.3, -0.25) is 4.90 Å². The summed E-state index contributed by atoms with van der Waals surface area (Å²) >= 11 is 0. The number of rotatable bonds is 6. The normalized spacial score (nSPS) is 16.8. The van der Waals surface area contributed by atoms with Crippen molar-refractivity contribution < 1.29 is 0 Å². The number of hydrogen-bond acceptors (Lipinski definition) is 5. The van der Waals surface area contributed by atoms with Gasteiger partial charge in [0.15, 0.2) is 5.82 Å². The smallest absolute Gasteiger partial charge is 0.151 e. The second-order valence-corrected chi connectivity index (χ2v) is 5.27. The van der Waals surface area contributed by atoms with Crippen LogP contribution in [0.15, 0.2) is 12.3 Å². The molecule has 0 amide bonds. The fraction of sp³-hybridized carbons (Fsp3) is 0.714. The number of aromatic nitrogens is 2. The summed E-state index contributed by atoms with van der Waals surface area (Å²) < 4.78 is 0. The first-order valence-electron chi connectivity index (χ1n) is 7.26. The first-order valence-corrected chi connectivity index (χ1v) is 7.26. The maximum atomic E-state index is 5.51. The molecule has 0 atom stereocenters. The van der Waals surface area contributed by atoms with Crippen LogP contribution in [0, 0.1) is 6.92 Å². The van der Waals surface area contributed by atoms with Crippen LogP contribution in [-0.2, 0) is 0 Å². The zero-order chi connectivity index (χ0) is 13.5. The van der Waals surface area contributed by atoms with Crippen LogP contribution in [0.4, 0.5) is 5.82 Å². The average molecular weight is 263 g/mol. The molecule has 0 bridgehead atoms. The minimum absolute atomic E-state index is 0.819. The van der Waals surface area contributed by atoms with Crippen molar-refractivity contribution in [3.05, 3.63) is 17.8 Å². The highest BCUT2D eigenvalue weighted by Crippen LogP contribution is 2.14. The van der Waals surface area contributed by atoms with Gasteiger partial charge in [0.1, 0.15) is 0 Å². The predicted octanol–water partition coefficient (Wildman–Crippen LogP) is 1.04. The predicted molar refractivity (Wildman–Crippen MR) is 78.3 cm³/mol. The molecule has 5 heteroatoms. The van der Waals surface area contributed by atoms with Crippen LogP contribution in [0.25, 0.3) is 0 Å². The quantitative estimate of drug-likeness (QED) is 0.777. The van der Waals surface area contributed by atoms with Gasteiger partial charge in [-0.05, 0) is 44.5 Å². The maximum Gasteiger partial charge on any atom is 0.151 e. The molecule has 1 saturated heterocycles. The highest BCUT2D eigenvalue weighted by atomic mass is 15.3. The molecule has 1 aromatic heterocycles. The van der Waals surface area contributed by atoms with E-state index in [2.05, 4.69) is 33.0 Å². The van der Waals surface area contributed by atoms with E-state index in [0.717, 1.165) is 45.0 Å². The molecule has 0 aromatic carbocycles. The summed E-state index contributed by atoms with van der Waals surface area (Å²) in [6.07, 6.45) is 5.47. The van der Waals surface area contributed by atoms with Gasteiger partial charge in [0.2, 0.25) is 0 Å². The highest BCUT2D eigenvalue weighted by molar-refractivity contribution is 5.39. The lowest BCUT2D eigenvalue weighted by Gasteiger charge is -2.35. The molecule has 2 heterocycles. The van der Waals surface area contributed by atoms with E-state index in [1.54, 1.807) is 6.20 Å². The van der Waals surface area contributed by atoms with Gasteiger partial charge in [-0.1, -0.05) is 6.42 Å². The number of nitrogens with two attached hydrogens (primary N) is 1. The van der Waals surface area contributed by atoms with Crippen molar-refractivity contribution in [2.24, 2.45) is 5.73 Å². The number of aryl methyl sites for hydroxylation is 1. The monoisotopic (exact) mass is 263 g/mol. The van der Waals surface area contributed by atoms with Gasteiger partial charge in [0.05, 0.1) is 6.20 Å². The molecule has 0 aliphatic carbocycles. The largest absolute Gasteiger partial charge is 0.353 e. The van der Waals surface area contributed by atoms with Crippen LogP contribution in [0.2, 0.25) is 0 Å². The number of nitrogens with zero attached hydrogens (tertiary/aromatic N) is 4. The molecular formula is C14H25N5. The Bertz CT molecular complexity index is 374. The van der Waals surface area contributed by atoms with E-state index in [0.29, 0.717) is 0 Å². The van der Waals surface area contributed by atoms with Gasteiger partial charge in [-0.25, -0.2) is 0 Å². The lowest BCUT2D eigenvalue weighted by atomic mass is 10.2. The molecule has 1 aromatic rings. The van der Waals surface area contributed by atoms with Gasteiger partial charge >= 0.3 is 0 Å². The van der Waals surface area contributed by atoms with Gasteiger partial charge in [0.25, 0.3) is 0 Å². The lowest BCUT2D eigenvalue weighted by Crippen LogP contribution is -2.47. The van der Waals surface area contributed by atoms with E-state index in [1.807, 2.05) is 0 Å². The van der Waals surface area contributed by atoms with Crippen LogP contribution in [0.5, 0.6) is 0 Å². The molecule has 1 fully saturated rings. The minimum Gasteiger partial charge on any atom is -0.353 e. The number of piperazine rings is 1. The van der Waals surface area contributed by atoms with Crippen LogP contribution in [0.1, 0.15) is 24.8 Å². The molecular weight excluding hydrogens is 238 g/mol. The molecule has 19 heavy (non-hydrogen) atoms. The Morgan fingerprint density at radius 1 is 1.16 bits per heavy atom. The summed E-state index contributed by atoms with van der Waals surface area (Å²) in [7, 11) is 0. The number of anilines is 1. The Labute approximate surface area is 115 Å². The number of hydrogen-bond donors (Lipinski definition) is 1. The van der Waals surface area contributed by atoms with Crippen molar-refractivity contribution in [1.29, 1.82) is 0 Å². The third kappa shape index (κ3) is 4.44. The van der Waals surface area contributed by atoms with Crippen molar-refractivity contribution in [3.63, 3.8) is 0 Å². The van der Waals surface area contributed by atoms with Crippen molar-refractivity contribution in [1.82, 2.24) is 15.1 Å². The van der Waals surface area contributed by atoms with Crippen molar-refractivity contribution in [2.75, 3.05) is 44.2 Å². The Kier molecular flexibility index (Phi) is 5.54. The van der Waals surface area contributed by atoms with Gasteiger partial charge in [0, 0.05) is 26.2 Å². The van der Waals surface area contributed by atoms with Gasteiger partial charge in [-0.15, -0.1) is 5.10 Å². The Morgan fingerprint density at radius 2 is 1.95 bits per heavy atom. The van der Waals surface area contributed by atoms with E-state index >= 15 is 0 Å². The molecule has 106 valence electrons. The summed E-state index contributed by atoms with van der Waals surface area (Å²) in [4.78, 5) is 4.87. The van der Waals surface area contributed by atoms with Crippen molar-refractivity contribution in [2.45, 2.75) is 26.2 Å². The van der Waals surface area contributed by atoms with Gasteiger partial charge in [-0.2, -0.15) is 5.10 Å². The van der Waals surface area contributed by atoms with E-state index in [9.17, 15) is 0 Å². The van der Waals surface area contributed by atoms with Crippen molar-refractivity contribution >= 4 is 5.82 Å². The fourth-order valence-corrected chi connectivity index (χ4v) is 2.46. The summed E-state index contributed by atoms with van der Waals surface area (Å²) in [6.45, 7) is 8.43. The second-order valence-electron chi connectivity index (χ2n) is 5.27. The maximum absolute atomic E-state index is 5.51. The van der Waals surface area contributed by atoms with Crippen LogP contribution >= 0.6 is 0 Å². The molecule has 0 unspecified atom stereocenters. The summed E-state index contributed by atoms with van der Waals surface area (Å²) in [6, 6.07) is 2.11. The first-order chi connectivity index (χ1) is 9.29. The third-order valence-corrected chi connectivity index (χ3v) is 3.65. The zero-order valence-electron chi connectivity index (χ0n) is 11.9. The Morgan fingerprint density at radius 3 is 2.63 bits per heavy atom. The lowest BCUT2D eigenvalue weighted by molar-refractivity contribution is 0.252. The molecule has 0 spiro atoms. The summed E-state index contributed by atoms with van der Waals surface area (Å²) in [5, 5.41) is 8.25. The van der Waals surface area contributed by atoms with Crippen molar-refractivity contribution in [3.8, 4) is 0 Å². The fourth-order valence-electron chi connectivity index (χ4n) is 2.46. The molecule has 1 aliphatic heterocycles. The minimum atomic E-state index is 0.819. The molecule has 1 aliphatic rings. The molecule has 0 radical (unpaired) electrons. The number of unbranched alkanes of at least 4 members (excludes halogenated alkanes) is 2. The van der Waals surface area contributed by atoms with E-state index in [4.69, 9.17) is 5.73 Å². The van der Waals surface area contributed by atoms with Crippen LogP contribution in [-0.4, -0.2) is 54.4 Å². The zero-order valence-corrected chi connectivity index (χ0v) is 11.9. The standard InChI is InChI=1S/C14H25N5/c1-13-11-14(17-16-12-13)19-9-7-18(8-10-19)6-4-2-3-5-15/h11-12H,2-10,15H2,1H3. The van der Waals surface area contributed by atoms with E-state index in [1.165, 1.54) is 24.9 Å². The molecule has 0 saturated carbocycles. The Balaban J connectivity index is 1.73. The van der Waals surface area contributed by atoms with Crippen LogP contribution < -0.4 is 10.6 Å². The van der Waals surface area contributed by atoms with Gasteiger partial charge < -0.3 is 10.6 Å². The third-order valence-electron chi connectivity index (χ3n) is 3.65. The highest BCUT2D eigenvalue weighted by Gasteiger charge is 2.17. The van der Waals surface area contributed by atoms with E-state index < -0.39 is 0 Å². The van der Waals surface area contributed by atoms with Crippen LogP contribution in [0.3, 0.4) is 0 Å². The second kappa shape index (κ2) is 7.40.